The molecule has 1 heterocycles. The van der Waals surface area contributed by atoms with Crippen molar-refractivity contribution in [3.8, 4) is 0 Å². The first kappa shape index (κ1) is 24.2. The van der Waals surface area contributed by atoms with Crippen molar-refractivity contribution in [1.29, 1.82) is 0 Å². The maximum absolute atomic E-state index is 12.1. The van der Waals surface area contributed by atoms with E-state index in [0.29, 0.717) is 12.4 Å². The van der Waals surface area contributed by atoms with E-state index in [0.717, 1.165) is 29.6 Å². The second-order valence-electron chi connectivity index (χ2n) is 8.60. The molecular weight excluding hydrogens is 372 g/mol. The quantitative estimate of drug-likeness (QED) is 0.237. The van der Waals surface area contributed by atoms with E-state index >= 15 is 0 Å². The van der Waals surface area contributed by atoms with Crippen LogP contribution in [0.1, 0.15) is 110 Å². The minimum absolute atomic E-state index is 0.0801. The summed E-state index contributed by atoms with van der Waals surface area (Å²) in [6.07, 6.45) is 20.6. The number of H-pyrrole nitrogens is 1. The molecule has 0 atom stereocenters. The molecule has 0 fully saturated rings. The molecule has 2 aromatic rings. The lowest BCUT2D eigenvalue weighted by atomic mass is 10.0. The lowest BCUT2D eigenvalue weighted by molar-refractivity contribution is -0.116. The van der Waals surface area contributed by atoms with Crippen molar-refractivity contribution in [3.63, 3.8) is 0 Å². The SMILES string of the molecule is CCCCCCCCCCCCCCCCCC(=O)Nc1ccc2nc(N)[nH]c2c1. The van der Waals surface area contributed by atoms with Crippen LogP contribution in [0.2, 0.25) is 0 Å². The number of hydrogen-bond acceptors (Lipinski definition) is 3. The van der Waals surface area contributed by atoms with Crippen LogP contribution in [0.25, 0.3) is 11.0 Å². The van der Waals surface area contributed by atoms with Crippen LogP contribution in [-0.2, 0) is 4.79 Å². The molecule has 0 saturated heterocycles. The summed E-state index contributed by atoms with van der Waals surface area (Å²) in [5.74, 6) is 0.475. The van der Waals surface area contributed by atoms with Gasteiger partial charge in [-0.2, -0.15) is 0 Å². The Morgan fingerprint density at radius 3 is 1.97 bits per heavy atom. The summed E-state index contributed by atoms with van der Waals surface area (Å²) in [5, 5.41) is 2.97. The molecule has 5 nitrogen and oxygen atoms in total. The number of anilines is 2. The molecule has 0 aliphatic rings. The van der Waals surface area contributed by atoms with E-state index in [1.165, 1.54) is 83.5 Å². The second kappa shape index (κ2) is 14.9. The smallest absolute Gasteiger partial charge is 0.224 e. The molecule has 30 heavy (non-hydrogen) atoms. The average molecular weight is 415 g/mol. The van der Waals surface area contributed by atoms with E-state index in [-0.39, 0.29) is 5.91 Å². The summed E-state index contributed by atoms with van der Waals surface area (Å²) in [4.78, 5) is 19.3. The molecule has 0 radical (unpaired) electrons. The zero-order valence-electron chi connectivity index (χ0n) is 19.0. The highest BCUT2D eigenvalue weighted by Gasteiger charge is 2.05. The lowest BCUT2D eigenvalue weighted by Gasteiger charge is -2.06. The molecule has 168 valence electrons. The number of rotatable bonds is 17. The van der Waals surface area contributed by atoms with E-state index in [9.17, 15) is 4.79 Å². The van der Waals surface area contributed by atoms with Crippen molar-refractivity contribution in [2.75, 3.05) is 11.1 Å². The van der Waals surface area contributed by atoms with E-state index in [4.69, 9.17) is 5.73 Å². The molecule has 1 amide bonds. The van der Waals surface area contributed by atoms with Crippen LogP contribution in [0.3, 0.4) is 0 Å². The van der Waals surface area contributed by atoms with Crippen LogP contribution in [0, 0.1) is 0 Å². The van der Waals surface area contributed by atoms with Crippen LogP contribution < -0.4 is 11.1 Å². The fourth-order valence-corrected chi connectivity index (χ4v) is 3.99. The van der Waals surface area contributed by atoms with Crippen molar-refractivity contribution in [1.82, 2.24) is 9.97 Å². The summed E-state index contributed by atoms with van der Waals surface area (Å²) in [6, 6.07) is 5.61. The zero-order chi connectivity index (χ0) is 21.4. The molecule has 0 aliphatic heterocycles. The monoisotopic (exact) mass is 414 g/mol. The average Bonchev–Trinajstić information content (AvgIpc) is 3.10. The van der Waals surface area contributed by atoms with Crippen LogP contribution in [0.5, 0.6) is 0 Å². The van der Waals surface area contributed by atoms with Gasteiger partial charge >= 0.3 is 0 Å². The number of aromatic amines is 1. The highest BCUT2D eigenvalue weighted by molar-refractivity contribution is 5.93. The van der Waals surface area contributed by atoms with Crippen LogP contribution >= 0.6 is 0 Å². The molecule has 0 spiro atoms. The Bertz CT molecular complexity index is 725. The summed E-state index contributed by atoms with van der Waals surface area (Å²) in [5.41, 5.74) is 8.10. The van der Waals surface area contributed by atoms with E-state index in [1.54, 1.807) is 0 Å². The maximum Gasteiger partial charge on any atom is 0.224 e. The van der Waals surface area contributed by atoms with Crippen LogP contribution in [-0.4, -0.2) is 15.9 Å². The molecule has 4 N–H and O–H groups in total. The third-order valence-corrected chi connectivity index (χ3v) is 5.79. The Morgan fingerprint density at radius 2 is 1.40 bits per heavy atom. The Hall–Kier alpha value is -2.04. The lowest BCUT2D eigenvalue weighted by Crippen LogP contribution is -2.10. The Morgan fingerprint density at radius 1 is 0.867 bits per heavy atom. The van der Waals surface area contributed by atoms with Crippen molar-refractivity contribution >= 4 is 28.6 Å². The number of fused-ring (bicyclic) bond motifs is 1. The predicted octanol–water partition coefficient (Wildman–Crippen LogP) is 7.35. The molecular formula is C25H42N4O. The normalized spacial score (nSPS) is 11.2. The fourth-order valence-electron chi connectivity index (χ4n) is 3.99. The first-order chi connectivity index (χ1) is 14.7. The number of carbonyl (C=O) groups excluding carboxylic acids is 1. The number of nitrogen functional groups attached to an aromatic ring is 1. The van der Waals surface area contributed by atoms with Gasteiger partial charge in [-0.05, 0) is 24.6 Å². The Balaban J connectivity index is 1.39. The zero-order valence-corrected chi connectivity index (χ0v) is 19.0. The molecule has 0 bridgehead atoms. The Labute approximate surface area is 182 Å². The number of benzene rings is 1. The highest BCUT2D eigenvalue weighted by atomic mass is 16.1. The highest BCUT2D eigenvalue weighted by Crippen LogP contribution is 2.18. The predicted molar refractivity (Wildman–Crippen MR) is 129 cm³/mol. The van der Waals surface area contributed by atoms with E-state index in [2.05, 4.69) is 22.2 Å². The fraction of sp³-hybridized carbons (Fsp3) is 0.680. The van der Waals surface area contributed by atoms with Gasteiger partial charge in [0.1, 0.15) is 0 Å². The molecule has 0 unspecified atom stereocenters. The van der Waals surface area contributed by atoms with E-state index in [1.807, 2.05) is 18.2 Å². The van der Waals surface area contributed by atoms with Gasteiger partial charge in [0.05, 0.1) is 11.0 Å². The number of imidazole rings is 1. The minimum Gasteiger partial charge on any atom is -0.369 e. The minimum atomic E-state index is 0.0801. The van der Waals surface area contributed by atoms with Gasteiger partial charge in [-0.15, -0.1) is 0 Å². The second-order valence-corrected chi connectivity index (χ2v) is 8.60. The van der Waals surface area contributed by atoms with Gasteiger partial charge in [0.25, 0.3) is 0 Å². The summed E-state index contributed by atoms with van der Waals surface area (Å²) in [6.45, 7) is 2.28. The molecule has 1 aromatic heterocycles. The van der Waals surface area contributed by atoms with Gasteiger partial charge in [-0.25, -0.2) is 4.98 Å². The Kier molecular flexibility index (Phi) is 12.0. The van der Waals surface area contributed by atoms with Crippen molar-refractivity contribution < 1.29 is 4.79 Å². The number of nitrogens with zero attached hydrogens (tertiary/aromatic N) is 1. The third kappa shape index (κ3) is 10.1. The number of aromatic nitrogens is 2. The van der Waals surface area contributed by atoms with E-state index < -0.39 is 0 Å². The van der Waals surface area contributed by atoms with Gasteiger partial charge in [0.15, 0.2) is 5.95 Å². The molecule has 0 saturated carbocycles. The summed E-state index contributed by atoms with van der Waals surface area (Å²) < 4.78 is 0. The van der Waals surface area contributed by atoms with Gasteiger partial charge < -0.3 is 16.0 Å². The van der Waals surface area contributed by atoms with Gasteiger partial charge in [-0.3, -0.25) is 4.79 Å². The first-order valence-corrected chi connectivity index (χ1v) is 12.2. The molecule has 0 aliphatic carbocycles. The summed E-state index contributed by atoms with van der Waals surface area (Å²) >= 11 is 0. The third-order valence-electron chi connectivity index (χ3n) is 5.79. The largest absolute Gasteiger partial charge is 0.369 e. The summed E-state index contributed by atoms with van der Waals surface area (Å²) in [7, 11) is 0. The van der Waals surface area contributed by atoms with Crippen LogP contribution in [0.4, 0.5) is 11.6 Å². The molecule has 2 rings (SSSR count). The number of nitrogens with two attached hydrogens (primary N) is 1. The number of nitrogens with one attached hydrogen (secondary N) is 2. The topological polar surface area (TPSA) is 83.8 Å². The molecule has 5 heteroatoms. The van der Waals surface area contributed by atoms with Gasteiger partial charge in [0.2, 0.25) is 5.91 Å². The van der Waals surface area contributed by atoms with Gasteiger partial charge in [-0.1, -0.05) is 96.8 Å². The van der Waals surface area contributed by atoms with Crippen molar-refractivity contribution in [2.45, 2.75) is 110 Å². The van der Waals surface area contributed by atoms with Crippen molar-refractivity contribution in [2.24, 2.45) is 0 Å². The number of unbranched alkanes of at least 4 members (excludes halogenated alkanes) is 14. The van der Waals surface area contributed by atoms with Gasteiger partial charge in [0, 0.05) is 12.1 Å². The number of hydrogen-bond donors (Lipinski definition) is 3. The number of carbonyl (C=O) groups is 1. The maximum atomic E-state index is 12.1. The van der Waals surface area contributed by atoms with Crippen molar-refractivity contribution in [3.05, 3.63) is 18.2 Å². The standard InChI is InChI=1S/C25H42N4O/c1-2-3-4-5-6-7-8-9-10-11-12-13-14-15-16-17-24(30)27-21-18-19-22-23(20-21)29-25(26)28-22/h18-20H,2-17H2,1H3,(H,27,30)(H3,26,28,29). The molecule has 1 aromatic carbocycles. The first-order valence-electron chi connectivity index (χ1n) is 12.2. The number of amides is 1. The van der Waals surface area contributed by atoms with Crippen LogP contribution in [0.15, 0.2) is 18.2 Å².